The molecule has 3 fully saturated rings. The maximum absolute atomic E-state index is 13.8. The summed E-state index contributed by atoms with van der Waals surface area (Å²) in [5.74, 6) is -3.65. The van der Waals surface area contributed by atoms with Crippen LogP contribution in [-0.4, -0.2) is 93.9 Å². The quantitative estimate of drug-likeness (QED) is 0.303. The van der Waals surface area contributed by atoms with Crippen LogP contribution in [0.4, 0.5) is 20.4 Å². The van der Waals surface area contributed by atoms with Crippen molar-refractivity contribution in [2.45, 2.75) is 78.7 Å². The van der Waals surface area contributed by atoms with Gasteiger partial charge in [-0.2, -0.15) is 0 Å². The number of halogens is 3. The van der Waals surface area contributed by atoms with Crippen molar-refractivity contribution in [2.24, 2.45) is 23.7 Å². The lowest BCUT2D eigenvalue weighted by Gasteiger charge is -2.32. The molecule has 0 spiro atoms. The lowest BCUT2D eigenvalue weighted by molar-refractivity contribution is -0.138. The first-order valence-corrected chi connectivity index (χ1v) is 17.3. The first-order chi connectivity index (χ1) is 22.6. The van der Waals surface area contributed by atoms with Gasteiger partial charge in [-0.3, -0.25) is 9.59 Å². The zero-order valence-corrected chi connectivity index (χ0v) is 29.2. The van der Waals surface area contributed by atoms with Crippen LogP contribution in [0.2, 0.25) is 5.02 Å². The Morgan fingerprint density at radius 2 is 1.65 bits per heavy atom. The molecule has 0 radical (unpaired) electrons. The molecule has 5 rings (SSSR count). The molecule has 3 aliphatic rings. The van der Waals surface area contributed by atoms with Gasteiger partial charge in [0.1, 0.15) is 6.04 Å². The zero-order chi connectivity index (χ0) is 34.9. The molecule has 0 bridgehead atoms. The van der Waals surface area contributed by atoms with Gasteiger partial charge in [-0.05, 0) is 82.0 Å². The molecule has 2 unspecified atom stereocenters. The number of benzene rings is 1. The van der Waals surface area contributed by atoms with Gasteiger partial charge < -0.3 is 25.1 Å². The highest BCUT2D eigenvalue weighted by Crippen LogP contribution is 2.38. The van der Waals surface area contributed by atoms with Gasteiger partial charge in [0.2, 0.25) is 17.8 Å². The van der Waals surface area contributed by atoms with E-state index in [1.54, 1.807) is 38.7 Å². The van der Waals surface area contributed by atoms with Gasteiger partial charge in [-0.25, -0.2) is 23.5 Å². The van der Waals surface area contributed by atoms with Crippen LogP contribution in [-0.2, 0) is 9.59 Å². The predicted octanol–water partition coefficient (Wildman–Crippen LogP) is 5.83. The van der Waals surface area contributed by atoms with Gasteiger partial charge in [0, 0.05) is 62.2 Å². The number of carboxylic acids is 1. The van der Waals surface area contributed by atoms with E-state index in [0.717, 1.165) is 31.6 Å². The number of amides is 2. The van der Waals surface area contributed by atoms with Gasteiger partial charge in [0.25, 0.3) is 5.91 Å². The molecule has 13 heteroatoms. The highest BCUT2D eigenvalue weighted by molar-refractivity contribution is 6.31. The molecule has 1 aromatic carbocycles. The van der Waals surface area contributed by atoms with Crippen LogP contribution in [0.3, 0.4) is 0 Å². The molecule has 3 atom stereocenters. The van der Waals surface area contributed by atoms with Crippen molar-refractivity contribution in [3.63, 3.8) is 0 Å². The molecule has 262 valence electrons. The normalized spacial score (nSPS) is 21.7. The Morgan fingerprint density at radius 3 is 2.19 bits per heavy atom. The predicted molar refractivity (Wildman–Crippen MR) is 181 cm³/mol. The number of carboxylic acid groups (broad SMARTS) is 1. The standard InChI is InChI=1S/C35H47ClF2N6O4/c1-20(2)30(33(47)48)41-34-39-22(4)29(23(5)40-34)32(46)43-18-25-16-42(17-26(25)19-43)13-6-14-44(27-8-7-21(3)28(36)15-27)31(45)24-9-11-35(37,38)12-10-24/h7-8,15,20,24-26,30H,6,9-14,16-19H2,1-5H3,(H,47,48)(H,39,40,41)/t25?,26?,30-/m0/s1. The van der Waals surface area contributed by atoms with Crippen molar-refractivity contribution >= 4 is 41.0 Å². The summed E-state index contributed by atoms with van der Waals surface area (Å²) in [4.78, 5) is 53.8. The summed E-state index contributed by atoms with van der Waals surface area (Å²) in [6.07, 6.45) is 0.562. The Morgan fingerprint density at radius 1 is 1.04 bits per heavy atom. The SMILES string of the molecule is Cc1ccc(N(CCCN2CC3CN(C(=O)c4c(C)nc(N[C@H](C(=O)O)C(C)C)nc4C)CC3C2)C(=O)C2CCC(F)(F)CC2)cc1Cl. The molecular weight excluding hydrogens is 642 g/mol. The molecule has 2 aromatic rings. The second kappa shape index (κ2) is 14.6. The van der Waals surface area contributed by atoms with E-state index in [1.807, 2.05) is 24.0 Å². The molecule has 2 N–H and O–H groups in total. The number of fused-ring (bicyclic) bond motifs is 1. The van der Waals surface area contributed by atoms with Gasteiger partial charge >= 0.3 is 5.97 Å². The Balaban J connectivity index is 1.16. The van der Waals surface area contributed by atoms with Crippen LogP contribution in [0.1, 0.15) is 73.3 Å². The fourth-order valence-electron chi connectivity index (χ4n) is 7.42. The zero-order valence-electron chi connectivity index (χ0n) is 28.4. The summed E-state index contributed by atoms with van der Waals surface area (Å²) in [5.41, 5.74) is 3.08. The first kappa shape index (κ1) is 35.9. The van der Waals surface area contributed by atoms with Gasteiger partial charge in [0.05, 0.1) is 17.0 Å². The molecule has 2 saturated heterocycles. The van der Waals surface area contributed by atoms with E-state index >= 15 is 0 Å². The fourth-order valence-corrected chi connectivity index (χ4v) is 7.59. The van der Waals surface area contributed by atoms with Gasteiger partial charge in [-0.1, -0.05) is 31.5 Å². The van der Waals surface area contributed by atoms with Crippen molar-refractivity contribution in [1.29, 1.82) is 0 Å². The van der Waals surface area contributed by atoms with E-state index < -0.39 is 23.9 Å². The van der Waals surface area contributed by atoms with Crippen LogP contribution >= 0.6 is 11.6 Å². The number of nitrogens with zero attached hydrogens (tertiary/aromatic N) is 5. The number of hydrogen-bond acceptors (Lipinski definition) is 7. The largest absolute Gasteiger partial charge is 0.480 e. The lowest BCUT2D eigenvalue weighted by Crippen LogP contribution is -2.41. The summed E-state index contributed by atoms with van der Waals surface area (Å²) < 4.78 is 27.7. The molecule has 1 aromatic heterocycles. The van der Waals surface area contributed by atoms with E-state index in [-0.39, 0.29) is 49.4 Å². The van der Waals surface area contributed by atoms with E-state index in [0.29, 0.717) is 59.1 Å². The molecule has 1 saturated carbocycles. The monoisotopic (exact) mass is 688 g/mol. The highest BCUT2D eigenvalue weighted by atomic mass is 35.5. The number of anilines is 2. The van der Waals surface area contributed by atoms with Gasteiger partial charge in [-0.15, -0.1) is 0 Å². The molecular formula is C35H47ClF2N6O4. The number of carbonyl (C=O) groups excluding carboxylic acids is 2. The molecule has 48 heavy (non-hydrogen) atoms. The minimum absolute atomic E-state index is 0.109. The topological polar surface area (TPSA) is 119 Å². The van der Waals surface area contributed by atoms with Crippen LogP contribution in [0.5, 0.6) is 0 Å². The van der Waals surface area contributed by atoms with Crippen LogP contribution in [0.25, 0.3) is 0 Å². The smallest absolute Gasteiger partial charge is 0.326 e. The number of aryl methyl sites for hydroxylation is 3. The molecule has 10 nitrogen and oxygen atoms in total. The number of carbonyl (C=O) groups is 3. The van der Waals surface area contributed by atoms with Crippen LogP contribution in [0, 0.1) is 44.4 Å². The van der Waals surface area contributed by atoms with Crippen LogP contribution < -0.4 is 10.2 Å². The fraction of sp³-hybridized carbons (Fsp3) is 0.629. The third-order valence-electron chi connectivity index (χ3n) is 10.2. The van der Waals surface area contributed by atoms with E-state index in [9.17, 15) is 28.3 Å². The third-order valence-corrected chi connectivity index (χ3v) is 10.6. The van der Waals surface area contributed by atoms with Crippen molar-refractivity contribution in [3.8, 4) is 0 Å². The molecule has 1 aliphatic carbocycles. The summed E-state index contributed by atoms with van der Waals surface area (Å²) in [5, 5.41) is 13.0. The summed E-state index contributed by atoms with van der Waals surface area (Å²) in [6, 6.07) is 4.70. The number of nitrogens with one attached hydrogen (secondary N) is 1. The van der Waals surface area contributed by atoms with E-state index in [4.69, 9.17) is 11.6 Å². The van der Waals surface area contributed by atoms with Gasteiger partial charge in [0.15, 0.2) is 0 Å². The average Bonchev–Trinajstić information content (AvgIpc) is 3.58. The van der Waals surface area contributed by atoms with Crippen molar-refractivity contribution in [1.82, 2.24) is 19.8 Å². The van der Waals surface area contributed by atoms with Crippen LogP contribution in [0.15, 0.2) is 18.2 Å². The number of alkyl halides is 2. The summed E-state index contributed by atoms with van der Waals surface area (Å²) in [6.45, 7) is 13.2. The number of aromatic nitrogens is 2. The lowest BCUT2D eigenvalue weighted by atomic mass is 9.85. The Labute approximate surface area is 286 Å². The Hall–Kier alpha value is -3.38. The number of likely N-dealkylation sites (tertiary alicyclic amines) is 2. The van der Waals surface area contributed by atoms with E-state index in [2.05, 4.69) is 20.2 Å². The number of rotatable bonds is 11. The summed E-state index contributed by atoms with van der Waals surface area (Å²) in [7, 11) is 0. The van der Waals surface area contributed by atoms with E-state index in [1.165, 1.54) is 0 Å². The maximum Gasteiger partial charge on any atom is 0.326 e. The average molecular weight is 689 g/mol. The molecule has 2 amide bonds. The Kier molecular flexibility index (Phi) is 10.9. The number of hydrogen-bond donors (Lipinski definition) is 2. The number of aliphatic carboxylic acids is 1. The maximum atomic E-state index is 13.8. The minimum atomic E-state index is -2.70. The van der Waals surface area contributed by atoms with Crippen molar-refractivity contribution < 1.29 is 28.3 Å². The third kappa shape index (κ3) is 8.07. The second-order valence-corrected chi connectivity index (χ2v) is 14.6. The van der Waals surface area contributed by atoms with Crippen molar-refractivity contribution in [2.75, 3.05) is 49.5 Å². The first-order valence-electron chi connectivity index (χ1n) is 16.9. The molecule has 3 heterocycles. The second-order valence-electron chi connectivity index (χ2n) is 14.2. The molecule has 2 aliphatic heterocycles. The van der Waals surface area contributed by atoms with Crippen molar-refractivity contribution in [3.05, 3.63) is 45.7 Å². The Bertz CT molecular complexity index is 1490. The highest BCUT2D eigenvalue weighted by Gasteiger charge is 2.43. The summed E-state index contributed by atoms with van der Waals surface area (Å²) >= 11 is 6.41. The minimum Gasteiger partial charge on any atom is -0.480 e.